The third-order valence-corrected chi connectivity index (χ3v) is 7.65. The van der Waals surface area contributed by atoms with Crippen LogP contribution in [-0.4, -0.2) is 33.9 Å². The van der Waals surface area contributed by atoms with Crippen molar-refractivity contribution in [2.24, 2.45) is 0 Å². The van der Waals surface area contributed by atoms with Crippen LogP contribution in [0.1, 0.15) is 22.8 Å². The van der Waals surface area contributed by atoms with E-state index in [-0.39, 0.29) is 48.8 Å². The van der Waals surface area contributed by atoms with Gasteiger partial charge in [0.1, 0.15) is 4.90 Å². The quantitative estimate of drug-likeness (QED) is 0.271. The van der Waals surface area contributed by atoms with Crippen LogP contribution in [0.25, 0.3) is 21.9 Å². The first-order chi connectivity index (χ1) is 17.0. The zero-order chi connectivity index (χ0) is 26.2. The van der Waals surface area contributed by atoms with Crippen molar-refractivity contribution in [2.75, 3.05) is 18.4 Å². The Kier molecular flexibility index (Phi) is 7.38. The van der Waals surface area contributed by atoms with E-state index in [1.165, 1.54) is 31.4 Å². The molecule has 12 heteroatoms. The van der Waals surface area contributed by atoms with Crippen LogP contribution in [0.15, 0.2) is 51.8 Å². The summed E-state index contributed by atoms with van der Waals surface area (Å²) in [5.74, 6) is -0.884. The lowest BCUT2D eigenvalue weighted by molar-refractivity contribution is -0.139. The van der Waals surface area contributed by atoms with Gasteiger partial charge in [0.15, 0.2) is 11.2 Å². The fourth-order valence-electron chi connectivity index (χ4n) is 3.70. The van der Waals surface area contributed by atoms with Crippen molar-refractivity contribution < 1.29 is 27.2 Å². The largest absolute Gasteiger partial charge is 0.469 e. The number of anilines is 1. The summed E-state index contributed by atoms with van der Waals surface area (Å²) >= 11 is 18.5. The molecule has 2 N–H and O–H groups in total. The SMILES string of the molecule is CCNC(=O)c1cc(NS(=O)(=O)c2ccc(Cl)cc2Cl)c2oc3c(Cl)cc(CC(=O)OC)cc3c2c1. The Balaban J connectivity index is 1.94. The van der Waals surface area contributed by atoms with E-state index in [2.05, 4.69) is 10.0 Å². The number of furan rings is 1. The van der Waals surface area contributed by atoms with Crippen molar-refractivity contribution in [3.63, 3.8) is 0 Å². The molecule has 0 aliphatic heterocycles. The van der Waals surface area contributed by atoms with E-state index in [4.69, 9.17) is 44.0 Å². The number of esters is 1. The number of carbonyl (C=O) groups is 2. The summed E-state index contributed by atoms with van der Waals surface area (Å²) in [6.07, 6.45) is -0.0383. The number of halogens is 3. The molecule has 0 aliphatic rings. The topological polar surface area (TPSA) is 115 Å². The highest BCUT2D eigenvalue weighted by molar-refractivity contribution is 7.92. The van der Waals surface area contributed by atoms with Crippen LogP contribution in [-0.2, 0) is 26.0 Å². The van der Waals surface area contributed by atoms with Gasteiger partial charge in [-0.05, 0) is 55.0 Å². The predicted molar refractivity (Wildman–Crippen MR) is 140 cm³/mol. The first-order valence-electron chi connectivity index (χ1n) is 10.6. The van der Waals surface area contributed by atoms with Crippen molar-refractivity contribution in [1.29, 1.82) is 0 Å². The molecule has 1 amide bonds. The van der Waals surface area contributed by atoms with E-state index >= 15 is 0 Å². The highest BCUT2D eigenvalue weighted by atomic mass is 35.5. The fourth-order valence-corrected chi connectivity index (χ4v) is 5.81. The zero-order valence-electron chi connectivity index (χ0n) is 18.9. The number of fused-ring (bicyclic) bond motifs is 3. The molecule has 36 heavy (non-hydrogen) atoms. The first kappa shape index (κ1) is 26.1. The second-order valence-electron chi connectivity index (χ2n) is 7.75. The van der Waals surface area contributed by atoms with E-state index in [9.17, 15) is 18.0 Å². The van der Waals surface area contributed by atoms with Gasteiger partial charge in [0.2, 0.25) is 0 Å². The van der Waals surface area contributed by atoms with Crippen LogP contribution in [0.3, 0.4) is 0 Å². The minimum absolute atomic E-state index is 0.00144. The maximum Gasteiger partial charge on any atom is 0.309 e. The third-order valence-electron chi connectivity index (χ3n) is 5.29. The number of methoxy groups -OCH3 is 1. The van der Waals surface area contributed by atoms with Crippen molar-refractivity contribution in [2.45, 2.75) is 18.2 Å². The number of amides is 1. The molecule has 0 saturated heterocycles. The van der Waals surface area contributed by atoms with Crippen LogP contribution in [0, 0.1) is 0 Å². The minimum Gasteiger partial charge on any atom is -0.469 e. The van der Waals surface area contributed by atoms with Crippen molar-refractivity contribution in [3.8, 4) is 0 Å². The van der Waals surface area contributed by atoms with Gasteiger partial charge >= 0.3 is 5.97 Å². The minimum atomic E-state index is -4.21. The smallest absolute Gasteiger partial charge is 0.309 e. The Morgan fingerprint density at radius 2 is 1.69 bits per heavy atom. The number of hydrogen-bond donors (Lipinski definition) is 2. The molecule has 0 fully saturated rings. The summed E-state index contributed by atoms with van der Waals surface area (Å²) in [4.78, 5) is 24.3. The first-order valence-corrected chi connectivity index (χ1v) is 13.2. The molecule has 0 radical (unpaired) electrons. The highest BCUT2D eigenvalue weighted by Gasteiger charge is 2.24. The molecular formula is C24H19Cl3N2O6S. The molecule has 1 heterocycles. The Morgan fingerprint density at radius 3 is 2.36 bits per heavy atom. The number of nitrogens with one attached hydrogen (secondary N) is 2. The standard InChI is InChI=1S/C24H19Cl3N2O6S/c1-3-28-24(31)13-9-16-15-6-12(8-21(30)34-2)7-18(27)22(15)35-23(16)19(10-13)29-36(32,33)20-5-4-14(25)11-17(20)26/h4-7,9-11,29H,3,8H2,1-2H3,(H,28,31). The molecule has 1 aromatic heterocycles. The number of carbonyl (C=O) groups excluding carboxylic acids is 2. The molecule has 0 spiro atoms. The van der Waals surface area contributed by atoms with Gasteiger partial charge in [-0.15, -0.1) is 0 Å². The summed E-state index contributed by atoms with van der Waals surface area (Å²) < 4.78 is 39.6. The van der Waals surface area contributed by atoms with Crippen LogP contribution in [0.2, 0.25) is 15.1 Å². The van der Waals surface area contributed by atoms with Crippen LogP contribution in [0.4, 0.5) is 5.69 Å². The highest BCUT2D eigenvalue weighted by Crippen LogP contribution is 2.39. The average molecular weight is 570 g/mol. The maximum atomic E-state index is 13.2. The number of hydrogen-bond acceptors (Lipinski definition) is 6. The number of ether oxygens (including phenoxy) is 1. The Morgan fingerprint density at radius 1 is 0.972 bits per heavy atom. The fraction of sp³-hybridized carbons (Fsp3) is 0.167. The molecule has 0 unspecified atom stereocenters. The van der Waals surface area contributed by atoms with Gasteiger partial charge in [-0.2, -0.15) is 0 Å². The lowest BCUT2D eigenvalue weighted by Gasteiger charge is -2.12. The van der Waals surface area contributed by atoms with E-state index in [1.54, 1.807) is 25.1 Å². The van der Waals surface area contributed by atoms with E-state index < -0.39 is 21.9 Å². The van der Waals surface area contributed by atoms with Crippen molar-refractivity contribution >= 4 is 84.3 Å². The summed E-state index contributed by atoms with van der Waals surface area (Å²) in [6.45, 7) is 2.12. The lowest BCUT2D eigenvalue weighted by Crippen LogP contribution is -2.23. The molecule has 188 valence electrons. The van der Waals surface area contributed by atoms with Crippen LogP contribution >= 0.6 is 34.8 Å². The summed E-state index contributed by atoms with van der Waals surface area (Å²) in [7, 11) is -2.93. The van der Waals surface area contributed by atoms with Gasteiger partial charge in [0.05, 0.1) is 29.3 Å². The molecule has 4 rings (SSSR count). The van der Waals surface area contributed by atoms with Gasteiger partial charge in [-0.25, -0.2) is 8.42 Å². The predicted octanol–water partition coefficient (Wildman–Crippen LogP) is 5.81. The molecule has 0 atom stereocenters. The molecule has 0 saturated carbocycles. The van der Waals surface area contributed by atoms with Crippen LogP contribution < -0.4 is 10.0 Å². The summed E-state index contributed by atoms with van der Waals surface area (Å²) in [5.41, 5.74) is 1.14. The molecule has 4 aromatic rings. The molecule has 8 nitrogen and oxygen atoms in total. The van der Waals surface area contributed by atoms with Crippen molar-refractivity contribution in [3.05, 3.63) is 68.7 Å². The number of sulfonamides is 1. The Bertz CT molecular complexity index is 1630. The second kappa shape index (κ2) is 10.2. The summed E-state index contributed by atoms with van der Waals surface area (Å²) in [6, 6.07) is 10.1. The maximum absolute atomic E-state index is 13.2. The van der Waals surface area contributed by atoms with Gasteiger partial charge in [0.25, 0.3) is 15.9 Å². The lowest BCUT2D eigenvalue weighted by atomic mass is 10.0. The average Bonchev–Trinajstić information content (AvgIpc) is 3.18. The molecule has 3 aromatic carbocycles. The van der Waals surface area contributed by atoms with Gasteiger partial charge in [-0.3, -0.25) is 14.3 Å². The van der Waals surface area contributed by atoms with Gasteiger partial charge < -0.3 is 14.5 Å². The number of benzene rings is 3. The zero-order valence-corrected chi connectivity index (χ0v) is 22.0. The Labute approximate surface area is 221 Å². The molecular weight excluding hydrogens is 551 g/mol. The Hall–Kier alpha value is -2.98. The van der Waals surface area contributed by atoms with E-state index in [0.29, 0.717) is 22.9 Å². The third kappa shape index (κ3) is 5.10. The van der Waals surface area contributed by atoms with Crippen molar-refractivity contribution in [1.82, 2.24) is 5.32 Å². The van der Waals surface area contributed by atoms with E-state index in [1.807, 2.05) is 0 Å². The summed E-state index contributed by atoms with van der Waals surface area (Å²) in [5, 5.41) is 4.00. The van der Waals surface area contributed by atoms with Gasteiger partial charge in [0, 0.05) is 27.9 Å². The monoisotopic (exact) mass is 568 g/mol. The molecule has 0 bridgehead atoms. The molecule has 0 aliphatic carbocycles. The van der Waals surface area contributed by atoms with E-state index in [0.717, 1.165) is 0 Å². The second-order valence-corrected chi connectivity index (χ2v) is 10.7. The normalized spacial score (nSPS) is 11.6. The number of rotatable bonds is 7. The van der Waals surface area contributed by atoms with Crippen LogP contribution in [0.5, 0.6) is 0 Å². The van der Waals surface area contributed by atoms with Gasteiger partial charge in [-0.1, -0.05) is 34.8 Å².